The van der Waals surface area contributed by atoms with Crippen LogP contribution in [0.3, 0.4) is 0 Å². The minimum Gasteiger partial charge on any atom is -0.399 e. The monoisotopic (exact) mass is 280 g/mol. The van der Waals surface area contributed by atoms with Crippen LogP contribution in [0.1, 0.15) is 49.4 Å². The van der Waals surface area contributed by atoms with Crippen LogP contribution in [0.4, 0.5) is 5.69 Å². The van der Waals surface area contributed by atoms with E-state index < -0.39 is 0 Å². The van der Waals surface area contributed by atoms with Gasteiger partial charge in [0, 0.05) is 11.7 Å². The lowest BCUT2D eigenvalue weighted by atomic mass is 9.84. The summed E-state index contributed by atoms with van der Waals surface area (Å²) in [6.45, 7) is 2.21. The van der Waals surface area contributed by atoms with E-state index in [1.807, 2.05) is 0 Å². The molecule has 0 aliphatic heterocycles. The number of hydrogen-bond acceptors (Lipinski definition) is 2. The van der Waals surface area contributed by atoms with E-state index in [0.717, 1.165) is 18.8 Å². The van der Waals surface area contributed by atoms with E-state index in [1.54, 1.807) is 18.2 Å². The molecule has 3 N–H and O–H groups in total. The molecular weight excluding hydrogens is 260 g/mol. The molecule has 0 radical (unpaired) electrons. The molecule has 1 aliphatic rings. The third-order valence-corrected chi connectivity index (χ3v) is 4.26. The number of carbonyl (C=O) groups excluding carboxylic acids is 1. The molecule has 1 aromatic rings. The van der Waals surface area contributed by atoms with E-state index in [4.69, 9.17) is 17.3 Å². The highest BCUT2D eigenvalue weighted by Gasteiger charge is 2.23. The quantitative estimate of drug-likeness (QED) is 0.831. The number of carbonyl (C=O) groups is 1. The van der Waals surface area contributed by atoms with Gasteiger partial charge in [-0.2, -0.15) is 0 Å². The fraction of sp³-hybridized carbons (Fsp3) is 0.533. The molecule has 0 saturated heterocycles. The standard InChI is InChI=1S/C15H21ClN2O/c1-2-10-4-3-5-12(8-10)18-15(19)13-9-11(17)6-7-14(13)16/h6-7,9-10,12H,2-5,8,17H2,1H3,(H,18,19). The lowest BCUT2D eigenvalue weighted by molar-refractivity contribution is 0.0919. The van der Waals surface area contributed by atoms with E-state index in [2.05, 4.69) is 12.2 Å². The predicted octanol–water partition coefficient (Wildman–Crippen LogP) is 3.62. The molecule has 3 nitrogen and oxygen atoms in total. The Morgan fingerprint density at radius 1 is 1.47 bits per heavy atom. The molecule has 1 saturated carbocycles. The minimum atomic E-state index is -0.112. The molecule has 2 atom stereocenters. The second-order valence-electron chi connectivity index (χ2n) is 5.35. The van der Waals surface area contributed by atoms with Crippen molar-refractivity contribution < 1.29 is 4.79 Å². The summed E-state index contributed by atoms with van der Waals surface area (Å²) in [5.74, 6) is 0.620. The third-order valence-electron chi connectivity index (χ3n) is 3.93. The van der Waals surface area contributed by atoms with Crippen LogP contribution < -0.4 is 11.1 Å². The number of nitrogens with two attached hydrogens (primary N) is 1. The van der Waals surface area contributed by atoms with E-state index in [9.17, 15) is 4.79 Å². The smallest absolute Gasteiger partial charge is 0.253 e. The molecule has 0 aromatic heterocycles. The molecule has 2 rings (SSSR count). The predicted molar refractivity (Wildman–Crippen MR) is 79.4 cm³/mol. The molecular formula is C15H21ClN2O. The molecule has 104 valence electrons. The molecule has 2 unspecified atom stereocenters. The van der Waals surface area contributed by atoms with Crippen molar-refractivity contribution in [3.63, 3.8) is 0 Å². The molecule has 4 heteroatoms. The van der Waals surface area contributed by atoms with E-state index >= 15 is 0 Å². The first kappa shape index (κ1) is 14.2. The van der Waals surface area contributed by atoms with Crippen molar-refractivity contribution in [3.8, 4) is 0 Å². The molecule has 0 spiro atoms. The third kappa shape index (κ3) is 3.63. The molecule has 1 aliphatic carbocycles. The molecule has 0 heterocycles. The fourth-order valence-corrected chi connectivity index (χ4v) is 2.98. The first-order valence-corrected chi connectivity index (χ1v) is 7.33. The number of benzene rings is 1. The summed E-state index contributed by atoms with van der Waals surface area (Å²) in [6.07, 6.45) is 5.78. The zero-order valence-corrected chi connectivity index (χ0v) is 12.0. The van der Waals surface area contributed by atoms with Crippen molar-refractivity contribution in [2.45, 2.75) is 45.1 Å². The van der Waals surface area contributed by atoms with Gasteiger partial charge in [-0.1, -0.05) is 37.8 Å². The highest BCUT2D eigenvalue weighted by atomic mass is 35.5. The number of halogens is 1. The Hall–Kier alpha value is -1.22. The van der Waals surface area contributed by atoms with Crippen molar-refractivity contribution >= 4 is 23.2 Å². The Bertz CT molecular complexity index is 461. The van der Waals surface area contributed by atoms with Gasteiger partial charge >= 0.3 is 0 Å². The zero-order chi connectivity index (χ0) is 13.8. The zero-order valence-electron chi connectivity index (χ0n) is 11.3. The largest absolute Gasteiger partial charge is 0.399 e. The highest BCUT2D eigenvalue weighted by Crippen LogP contribution is 2.27. The van der Waals surface area contributed by atoms with Gasteiger partial charge in [-0.15, -0.1) is 0 Å². The second kappa shape index (κ2) is 6.29. The Labute approximate surface area is 119 Å². The molecule has 1 amide bonds. The van der Waals surface area contributed by atoms with Crippen LogP contribution in [0.2, 0.25) is 5.02 Å². The van der Waals surface area contributed by atoms with Gasteiger partial charge in [-0.3, -0.25) is 4.79 Å². The van der Waals surface area contributed by atoms with E-state index in [1.165, 1.54) is 19.3 Å². The van der Waals surface area contributed by atoms with Crippen LogP contribution in [-0.4, -0.2) is 11.9 Å². The lowest BCUT2D eigenvalue weighted by Gasteiger charge is -2.29. The van der Waals surface area contributed by atoms with Crippen LogP contribution >= 0.6 is 11.6 Å². The Morgan fingerprint density at radius 3 is 3.00 bits per heavy atom. The molecule has 1 fully saturated rings. The Kier molecular flexibility index (Phi) is 4.70. The highest BCUT2D eigenvalue weighted by molar-refractivity contribution is 6.34. The minimum absolute atomic E-state index is 0.112. The van der Waals surface area contributed by atoms with Gasteiger partial charge in [0.05, 0.1) is 10.6 Å². The maximum absolute atomic E-state index is 12.2. The van der Waals surface area contributed by atoms with E-state index in [-0.39, 0.29) is 11.9 Å². The number of amides is 1. The van der Waals surface area contributed by atoms with Crippen LogP contribution in [0.5, 0.6) is 0 Å². The van der Waals surface area contributed by atoms with Crippen molar-refractivity contribution in [1.82, 2.24) is 5.32 Å². The maximum Gasteiger partial charge on any atom is 0.253 e. The first-order chi connectivity index (χ1) is 9.10. The summed E-state index contributed by atoms with van der Waals surface area (Å²) in [6, 6.07) is 5.27. The van der Waals surface area contributed by atoms with Gasteiger partial charge in [0.1, 0.15) is 0 Å². The molecule has 1 aromatic carbocycles. The van der Waals surface area contributed by atoms with E-state index in [0.29, 0.717) is 16.3 Å². The Morgan fingerprint density at radius 2 is 2.26 bits per heavy atom. The normalized spacial score (nSPS) is 23.1. The maximum atomic E-state index is 12.2. The summed E-state index contributed by atoms with van der Waals surface area (Å²) < 4.78 is 0. The van der Waals surface area contributed by atoms with Crippen molar-refractivity contribution in [3.05, 3.63) is 28.8 Å². The summed E-state index contributed by atoms with van der Waals surface area (Å²) in [7, 11) is 0. The van der Waals surface area contributed by atoms with Crippen LogP contribution in [-0.2, 0) is 0 Å². The van der Waals surface area contributed by atoms with Gasteiger partial charge < -0.3 is 11.1 Å². The first-order valence-electron chi connectivity index (χ1n) is 6.96. The SMILES string of the molecule is CCC1CCCC(NC(=O)c2cc(N)ccc2Cl)C1. The molecule has 19 heavy (non-hydrogen) atoms. The average Bonchev–Trinajstić information content (AvgIpc) is 2.41. The van der Waals surface area contributed by atoms with Crippen LogP contribution in [0.25, 0.3) is 0 Å². The summed E-state index contributed by atoms with van der Waals surface area (Å²) >= 11 is 6.05. The lowest BCUT2D eigenvalue weighted by Crippen LogP contribution is -2.38. The molecule has 0 bridgehead atoms. The Balaban J connectivity index is 2.02. The topological polar surface area (TPSA) is 55.1 Å². The van der Waals surface area contributed by atoms with Gasteiger partial charge in [0.25, 0.3) is 5.91 Å². The number of nitrogens with one attached hydrogen (secondary N) is 1. The van der Waals surface area contributed by atoms with Gasteiger partial charge in [-0.25, -0.2) is 0 Å². The second-order valence-corrected chi connectivity index (χ2v) is 5.76. The summed E-state index contributed by atoms with van der Waals surface area (Å²) in [5, 5.41) is 3.54. The van der Waals surface area contributed by atoms with Gasteiger partial charge in [-0.05, 0) is 37.0 Å². The fourth-order valence-electron chi connectivity index (χ4n) is 2.77. The van der Waals surface area contributed by atoms with Crippen molar-refractivity contribution in [2.24, 2.45) is 5.92 Å². The van der Waals surface area contributed by atoms with Crippen LogP contribution in [0.15, 0.2) is 18.2 Å². The van der Waals surface area contributed by atoms with Gasteiger partial charge in [0.2, 0.25) is 0 Å². The van der Waals surface area contributed by atoms with Crippen molar-refractivity contribution in [2.75, 3.05) is 5.73 Å². The number of rotatable bonds is 3. The summed E-state index contributed by atoms with van der Waals surface area (Å²) in [5.41, 5.74) is 6.74. The average molecular weight is 281 g/mol. The summed E-state index contributed by atoms with van der Waals surface area (Å²) in [4.78, 5) is 12.2. The number of anilines is 1. The number of hydrogen-bond donors (Lipinski definition) is 2. The van der Waals surface area contributed by atoms with Crippen LogP contribution in [0, 0.1) is 5.92 Å². The van der Waals surface area contributed by atoms with Crippen molar-refractivity contribution in [1.29, 1.82) is 0 Å². The number of nitrogen functional groups attached to an aromatic ring is 1. The van der Waals surface area contributed by atoms with Gasteiger partial charge in [0.15, 0.2) is 0 Å².